The Morgan fingerprint density at radius 2 is 1.81 bits per heavy atom. The number of halogens is 1. The van der Waals surface area contributed by atoms with Crippen LogP contribution in [-0.4, -0.2) is 48.7 Å². The fraction of sp³-hybridized carbons (Fsp3) is 0.250. The first-order valence-corrected chi connectivity index (χ1v) is 10.7. The van der Waals surface area contributed by atoms with Crippen molar-refractivity contribution in [2.75, 3.05) is 38.2 Å². The maximum Gasteiger partial charge on any atom is 0.238 e. The van der Waals surface area contributed by atoms with Crippen LogP contribution in [0.2, 0.25) is 5.02 Å². The molecule has 2 aromatic carbocycles. The minimum Gasteiger partial charge on any atom is -0.487 e. The number of hydrogen-bond donors (Lipinski definition) is 1. The number of carbonyl (C=O) groups is 1. The quantitative estimate of drug-likeness (QED) is 0.621. The molecule has 0 aliphatic carbocycles. The van der Waals surface area contributed by atoms with Gasteiger partial charge in [0.15, 0.2) is 17.2 Å². The van der Waals surface area contributed by atoms with Gasteiger partial charge in [-0.3, -0.25) is 14.7 Å². The summed E-state index contributed by atoms with van der Waals surface area (Å²) in [5.74, 6) is 1.42. The van der Waals surface area contributed by atoms with E-state index < -0.39 is 0 Å². The molecule has 0 unspecified atom stereocenters. The topological polar surface area (TPSA) is 72.9 Å². The molecule has 1 aliphatic rings. The van der Waals surface area contributed by atoms with Crippen molar-refractivity contribution in [2.45, 2.75) is 6.54 Å². The van der Waals surface area contributed by atoms with Gasteiger partial charge in [-0.15, -0.1) is 0 Å². The number of carbonyl (C=O) groups excluding carboxylic acids is 1. The van der Waals surface area contributed by atoms with Crippen molar-refractivity contribution >= 4 is 23.2 Å². The Kier molecular flexibility index (Phi) is 7.55. The van der Waals surface area contributed by atoms with E-state index in [2.05, 4.69) is 10.3 Å². The lowest BCUT2D eigenvalue weighted by Crippen LogP contribution is -2.35. The lowest BCUT2D eigenvalue weighted by Gasteiger charge is -2.21. The molecule has 0 atom stereocenters. The minimum absolute atomic E-state index is 0.166. The third kappa shape index (κ3) is 6.20. The zero-order valence-corrected chi connectivity index (χ0v) is 18.3. The van der Waals surface area contributed by atoms with Crippen molar-refractivity contribution in [3.63, 3.8) is 0 Å². The summed E-state index contributed by atoms with van der Waals surface area (Å²) in [6, 6.07) is 18.2. The number of rotatable bonds is 2. The van der Waals surface area contributed by atoms with Crippen LogP contribution in [0.25, 0.3) is 0 Å². The molecule has 0 radical (unpaired) electrons. The SMILES string of the molecule is O=C1CN(Cc2ccccn2)CCOCCOc2ccccc2Oc2ccc(Cl)cc2N1. The van der Waals surface area contributed by atoms with Crippen LogP contribution in [0.5, 0.6) is 17.2 Å². The normalized spacial score (nSPS) is 15.7. The monoisotopic (exact) mass is 453 g/mol. The molecule has 32 heavy (non-hydrogen) atoms. The van der Waals surface area contributed by atoms with Crippen LogP contribution in [-0.2, 0) is 16.1 Å². The van der Waals surface area contributed by atoms with Gasteiger partial charge in [-0.1, -0.05) is 29.8 Å². The highest BCUT2D eigenvalue weighted by molar-refractivity contribution is 6.31. The van der Waals surface area contributed by atoms with E-state index in [9.17, 15) is 4.79 Å². The molecule has 8 heteroatoms. The molecule has 3 aromatic rings. The summed E-state index contributed by atoms with van der Waals surface area (Å²) in [5, 5.41) is 3.42. The van der Waals surface area contributed by atoms with Gasteiger partial charge in [0, 0.05) is 24.3 Å². The zero-order chi connectivity index (χ0) is 22.2. The van der Waals surface area contributed by atoms with Crippen molar-refractivity contribution in [3.8, 4) is 17.2 Å². The highest BCUT2D eigenvalue weighted by Crippen LogP contribution is 2.36. The van der Waals surface area contributed by atoms with E-state index in [1.165, 1.54) is 0 Å². The van der Waals surface area contributed by atoms with Gasteiger partial charge in [0.2, 0.25) is 5.91 Å². The lowest BCUT2D eigenvalue weighted by molar-refractivity contribution is -0.117. The molecule has 0 saturated heterocycles. The Balaban J connectivity index is 1.58. The summed E-state index contributed by atoms with van der Waals surface area (Å²) in [7, 11) is 0. The standard InChI is InChI=1S/C24H24ClN3O4/c25-18-8-9-21-20(15-18)27-24(29)17-28(16-19-5-3-4-10-26-19)11-12-30-13-14-31-22-6-1-2-7-23(22)32-21/h1-10,15H,11-14,16-17H2,(H,27,29). The Morgan fingerprint density at radius 3 is 2.66 bits per heavy atom. The van der Waals surface area contributed by atoms with Crippen LogP contribution >= 0.6 is 11.6 Å². The summed E-state index contributed by atoms with van der Waals surface area (Å²) >= 11 is 6.19. The van der Waals surface area contributed by atoms with Crippen molar-refractivity contribution in [1.82, 2.24) is 9.88 Å². The average Bonchev–Trinajstić information content (AvgIpc) is 2.79. The van der Waals surface area contributed by atoms with E-state index in [0.717, 1.165) is 5.69 Å². The second kappa shape index (κ2) is 10.9. The van der Waals surface area contributed by atoms with E-state index in [4.69, 9.17) is 25.8 Å². The number of ether oxygens (including phenoxy) is 3. The number of fused-ring (bicyclic) bond motifs is 2. The van der Waals surface area contributed by atoms with Crippen molar-refractivity contribution in [1.29, 1.82) is 0 Å². The van der Waals surface area contributed by atoms with E-state index >= 15 is 0 Å². The number of nitrogens with one attached hydrogen (secondary N) is 1. The van der Waals surface area contributed by atoms with Gasteiger partial charge in [-0.2, -0.15) is 0 Å². The highest BCUT2D eigenvalue weighted by Gasteiger charge is 2.16. The zero-order valence-electron chi connectivity index (χ0n) is 17.5. The van der Waals surface area contributed by atoms with Gasteiger partial charge in [0.1, 0.15) is 6.61 Å². The largest absolute Gasteiger partial charge is 0.487 e. The van der Waals surface area contributed by atoms with Crippen LogP contribution in [0.3, 0.4) is 0 Å². The minimum atomic E-state index is -0.188. The predicted molar refractivity (Wildman–Crippen MR) is 122 cm³/mol. The number of aromatic nitrogens is 1. The predicted octanol–water partition coefficient (Wildman–Crippen LogP) is 4.38. The maximum absolute atomic E-state index is 12.9. The van der Waals surface area contributed by atoms with Crippen molar-refractivity contribution in [2.24, 2.45) is 0 Å². The van der Waals surface area contributed by atoms with Gasteiger partial charge in [-0.05, 0) is 42.5 Å². The summed E-state index contributed by atoms with van der Waals surface area (Å²) < 4.78 is 17.7. The second-order valence-electron chi connectivity index (χ2n) is 7.23. The second-order valence-corrected chi connectivity index (χ2v) is 7.67. The van der Waals surface area contributed by atoms with Crippen LogP contribution in [0.4, 0.5) is 5.69 Å². The van der Waals surface area contributed by atoms with E-state index in [0.29, 0.717) is 60.9 Å². The van der Waals surface area contributed by atoms with E-state index in [1.54, 1.807) is 24.4 Å². The molecule has 1 aliphatic heterocycles. The van der Waals surface area contributed by atoms with E-state index in [1.807, 2.05) is 47.4 Å². The molecule has 0 saturated carbocycles. The van der Waals surface area contributed by atoms with Gasteiger partial charge in [0.05, 0.1) is 31.1 Å². The summed E-state index contributed by atoms with van der Waals surface area (Å²) in [5.41, 5.74) is 1.37. The molecular weight excluding hydrogens is 430 g/mol. The first-order valence-electron chi connectivity index (χ1n) is 10.4. The number of nitrogens with zero attached hydrogens (tertiary/aromatic N) is 2. The molecule has 0 bridgehead atoms. The Bertz CT molecular complexity index is 1050. The maximum atomic E-state index is 12.9. The van der Waals surface area contributed by atoms with Gasteiger partial charge < -0.3 is 19.5 Å². The summed E-state index contributed by atoms with van der Waals surface area (Å²) in [6.07, 6.45) is 1.74. The van der Waals surface area contributed by atoms with Crippen LogP contribution < -0.4 is 14.8 Å². The molecule has 166 valence electrons. The highest BCUT2D eigenvalue weighted by atomic mass is 35.5. The molecule has 1 N–H and O–H groups in total. The molecule has 2 heterocycles. The van der Waals surface area contributed by atoms with Crippen molar-refractivity contribution < 1.29 is 19.0 Å². The number of pyridine rings is 1. The summed E-state index contributed by atoms with van der Waals surface area (Å²) in [6.45, 7) is 2.52. The van der Waals surface area contributed by atoms with Gasteiger partial charge in [-0.25, -0.2) is 0 Å². The smallest absolute Gasteiger partial charge is 0.238 e. The first kappa shape index (κ1) is 22.1. The molecule has 4 rings (SSSR count). The number of amides is 1. The van der Waals surface area contributed by atoms with Crippen molar-refractivity contribution in [3.05, 3.63) is 77.6 Å². The first-order chi connectivity index (χ1) is 15.7. The van der Waals surface area contributed by atoms with Crippen LogP contribution in [0.1, 0.15) is 5.69 Å². The molecule has 1 amide bonds. The molecule has 1 aromatic heterocycles. The fourth-order valence-corrected chi connectivity index (χ4v) is 3.47. The third-order valence-electron chi connectivity index (χ3n) is 4.80. The molecule has 7 nitrogen and oxygen atoms in total. The Labute approximate surface area is 191 Å². The van der Waals surface area contributed by atoms with Gasteiger partial charge >= 0.3 is 0 Å². The molecule has 0 spiro atoms. The number of para-hydroxylation sites is 2. The Hall–Kier alpha value is -3.13. The van der Waals surface area contributed by atoms with Crippen LogP contribution in [0.15, 0.2) is 66.9 Å². The third-order valence-corrected chi connectivity index (χ3v) is 5.04. The summed E-state index contributed by atoms with van der Waals surface area (Å²) in [4.78, 5) is 19.3. The lowest BCUT2D eigenvalue weighted by atomic mass is 10.2. The number of anilines is 1. The van der Waals surface area contributed by atoms with Gasteiger partial charge in [0.25, 0.3) is 0 Å². The number of hydrogen-bond acceptors (Lipinski definition) is 6. The molecule has 0 fully saturated rings. The van der Waals surface area contributed by atoms with E-state index in [-0.39, 0.29) is 12.5 Å². The van der Waals surface area contributed by atoms with Crippen LogP contribution in [0, 0.1) is 0 Å². The number of benzene rings is 2. The fourth-order valence-electron chi connectivity index (χ4n) is 3.29. The Morgan fingerprint density at radius 1 is 0.969 bits per heavy atom. The average molecular weight is 454 g/mol. The molecular formula is C24H24ClN3O4.